The molecule has 0 saturated heterocycles. The van der Waals surface area contributed by atoms with Crippen LogP contribution in [-0.4, -0.2) is 23.8 Å². The molecule has 0 aliphatic heterocycles. The standard InChI is InChI=1S/C22H35N3O3/c1-13(24-25-20(23)27)28-15-8-10-21(2)14(12-15)4-5-16-17-6-7-19(26)22(17,3)11-9-18(16)21/h14-18H,4-12H2,1-3H3,(H3,23,25,27)/t14-,15+,16-,17-,18-,21-,22-/m0/s1. The Morgan fingerprint density at radius 3 is 2.68 bits per heavy atom. The summed E-state index contributed by atoms with van der Waals surface area (Å²) in [4.78, 5) is 23.4. The third-order valence-corrected chi connectivity index (χ3v) is 8.99. The van der Waals surface area contributed by atoms with E-state index in [1.165, 1.54) is 25.7 Å². The van der Waals surface area contributed by atoms with Gasteiger partial charge in [0.25, 0.3) is 0 Å². The van der Waals surface area contributed by atoms with E-state index in [-0.39, 0.29) is 11.5 Å². The first kappa shape index (κ1) is 19.7. The second-order valence-corrected chi connectivity index (χ2v) is 10.2. The smallest absolute Gasteiger partial charge is 0.332 e. The number of nitrogens with zero attached hydrogens (tertiary/aromatic N) is 1. The van der Waals surface area contributed by atoms with Crippen molar-refractivity contribution in [1.29, 1.82) is 0 Å². The molecule has 0 unspecified atom stereocenters. The minimum Gasteiger partial charge on any atom is -0.477 e. The summed E-state index contributed by atoms with van der Waals surface area (Å²) < 4.78 is 6.01. The quantitative estimate of drug-likeness (QED) is 0.425. The molecule has 0 aromatic heterocycles. The van der Waals surface area contributed by atoms with E-state index >= 15 is 0 Å². The molecule has 4 saturated carbocycles. The zero-order valence-electron chi connectivity index (χ0n) is 17.5. The van der Waals surface area contributed by atoms with Gasteiger partial charge in [0.05, 0.1) is 0 Å². The number of carbonyl (C=O) groups is 2. The number of nitrogens with one attached hydrogen (secondary N) is 1. The Labute approximate surface area is 168 Å². The minimum atomic E-state index is -0.674. The fourth-order valence-corrected chi connectivity index (χ4v) is 7.50. The van der Waals surface area contributed by atoms with E-state index in [1.807, 2.05) is 0 Å². The second kappa shape index (κ2) is 7.03. The van der Waals surface area contributed by atoms with Gasteiger partial charge in [-0.05, 0) is 80.5 Å². The van der Waals surface area contributed by atoms with Crippen LogP contribution in [-0.2, 0) is 9.53 Å². The number of ketones is 1. The number of carbonyl (C=O) groups excluding carboxylic acids is 2. The number of hydrazone groups is 1. The normalized spacial score (nSPS) is 45.6. The van der Waals surface area contributed by atoms with Crippen molar-refractivity contribution >= 4 is 17.7 Å². The fourth-order valence-electron chi connectivity index (χ4n) is 7.50. The zero-order chi connectivity index (χ0) is 20.1. The average molecular weight is 390 g/mol. The predicted molar refractivity (Wildman–Crippen MR) is 107 cm³/mol. The lowest BCUT2D eigenvalue weighted by Gasteiger charge is -2.60. The van der Waals surface area contributed by atoms with Crippen LogP contribution in [0.1, 0.15) is 78.6 Å². The van der Waals surface area contributed by atoms with E-state index in [4.69, 9.17) is 10.5 Å². The minimum absolute atomic E-state index is 0.0360. The molecule has 4 aliphatic rings. The summed E-state index contributed by atoms with van der Waals surface area (Å²) in [5.74, 6) is 3.76. The molecule has 0 aromatic rings. The number of urea groups is 1. The molecule has 0 heterocycles. The molecule has 4 fully saturated rings. The molecular weight excluding hydrogens is 354 g/mol. The molecule has 4 aliphatic carbocycles. The van der Waals surface area contributed by atoms with Crippen LogP contribution < -0.4 is 11.2 Å². The number of primary amides is 1. The number of nitrogens with two attached hydrogens (primary N) is 1. The summed E-state index contributed by atoms with van der Waals surface area (Å²) in [7, 11) is 0. The molecule has 7 atom stereocenters. The van der Waals surface area contributed by atoms with Gasteiger partial charge in [-0.15, -0.1) is 5.10 Å². The van der Waals surface area contributed by atoms with Crippen molar-refractivity contribution in [2.45, 2.75) is 84.7 Å². The highest BCUT2D eigenvalue weighted by Crippen LogP contribution is 2.65. The van der Waals surface area contributed by atoms with Gasteiger partial charge in [-0.25, -0.2) is 10.2 Å². The number of fused-ring (bicyclic) bond motifs is 5. The van der Waals surface area contributed by atoms with Crippen LogP contribution in [0.4, 0.5) is 4.79 Å². The maximum absolute atomic E-state index is 12.5. The van der Waals surface area contributed by atoms with Crippen molar-refractivity contribution in [1.82, 2.24) is 5.43 Å². The summed E-state index contributed by atoms with van der Waals surface area (Å²) in [6, 6.07) is -0.674. The first-order chi connectivity index (χ1) is 13.2. The van der Waals surface area contributed by atoms with Crippen molar-refractivity contribution in [3.8, 4) is 0 Å². The number of amides is 2. The first-order valence-corrected chi connectivity index (χ1v) is 11.0. The van der Waals surface area contributed by atoms with Gasteiger partial charge in [-0.2, -0.15) is 0 Å². The first-order valence-electron chi connectivity index (χ1n) is 11.0. The van der Waals surface area contributed by atoms with E-state index in [1.54, 1.807) is 6.92 Å². The number of hydrogen-bond donors (Lipinski definition) is 2. The summed E-state index contributed by atoms with van der Waals surface area (Å²) in [6.45, 7) is 6.53. The van der Waals surface area contributed by atoms with Crippen LogP contribution in [0.3, 0.4) is 0 Å². The Bertz CT molecular complexity index is 693. The van der Waals surface area contributed by atoms with Crippen LogP contribution >= 0.6 is 0 Å². The number of Topliss-reactive ketones (excluding diaryl/α,β-unsaturated/α-hetero) is 1. The molecule has 28 heavy (non-hydrogen) atoms. The van der Waals surface area contributed by atoms with Gasteiger partial charge in [0.1, 0.15) is 11.9 Å². The van der Waals surface area contributed by atoms with Gasteiger partial charge in [0.2, 0.25) is 5.90 Å². The molecule has 0 spiro atoms. The number of ether oxygens (including phenoxy) is 1. The zero-order valence-corrected chi connectivity index (χ0v) is 17.5. The van der Waals surface area contributed by atoms with Crippen molar-refractivity contribution < 1.29 is 14.3 Å². The third kappa shape index (κ3) is 3.13. The Kier molecular flexibility index (Phi) is 4.95. The van der Waals surface area contributed by atoms with E-state index in [2.05, 4.69) is 24.4 Å². The van der Waals surface area contributed by atoms with Crippen LogP contribution in [0.5, 0.6) is 0 Å². The molecule has 4 rings (SSSR count). The van der Waals surface area contributed by atoms with Gasteiger partial charge in [0, 0.05) is 18.8 Å². The molecule has 6 nitrogen and oxygen atoms in total. The van der Waals surface area contributed by atoms with Crippen LogP contribution in [0, 0.1) is 34.5 Å². The lowest BCUT2D eigenvalue weighted by atomic mass is 9.45. The Hall–Kier alpha value is -1.59. The second-order valence-electron chi connectivity index (χ2n) is 10.2. The number of hydrogen-bond acceptors (Lipinski definition) is 4. The van der Waals surface area contributed by atoms with E-state index < -0.39 is 6.03 Å². The van der Waals surface area contributed by atoms with Gasteiger partial charge < -0.3 is 10.5 Å². The Balaban J connectivity index is 1.44. The summed E-state index contributed by atoms with van der Waals surface area (Å²) in [6.07, 6.45) is 10.2. The summed E-state index contributed by atoms with van der Waals surface area (Å²) in [5, 5.41) is 3.89. The lowest BCUT2D eigenvalue weighted by Crippen LogP contribution is -2.54. The average Bonchev–Trinajstić information content (AvgIpc) is 2.95. The van der Waals surface area contributed by atoms with Gasteiger partial charge in [-0.1, -0.05) is 13.8 Å². The Morgan fingerprint density at radius 2 is 1.93 bits per heavy atom. The highest BCUT2D eigenvalue weighted by molar-refractivity contribution is 5.87. The maximum atomic E-state index is 12.5. The third-order valence-electron chi connectivity index (χ3n) is 8.99. The topological polar surface area (TPSA) is 93.8 Å². The monoisotopic (exact) mass is 389 g/mol. The van der Waals surface area contributed by atoms with E-state index in [0.29, 0.717) is 28.9 Å². The molecule has 0 bridgehead atoms. The summed E-state index contributed by atoms with van der Waals surface area (Å²) in [5.41, 5.74) is 7.63. The Morgan fingerprint density at radius 1 is 1.14 bits per heavy atom. The van der Waals surface area contributed by atoms with Crippen molar-refractivity contribution in [2.75, 3.05) is 0 Å². The van der Waals surface area contributed by atoms with Crippen LogP contribution in [0.25, 0.3) is 0 Å². The molecule has 2 amide bonds. The molecule has 6 heteroatoms. The molecule has 156 valence electrons. The maximum Gasteiger partial charge on any atom is 0.332 e. The summed E-state index contributed by atoms with van der Waals surface area (Å²) >= 11 is 0. The van der Waals surface area contributed by atoms with E-state index in [0.717, 1.165) is 43.9 Å². The van der Waals surface area contributed by atoms with Crippen molar-refractivity contribution in [3.05, 3.63) is 0 Å². The largest absolute Gasteiger partial charge is 0.477 e. The molecule has 0 aromatic carbocycles. The van der Waals surface area contributed by atoms with Crippen LogP contribution in [0.2, 0.25) is 0 Å². The van der Waals surface area contributed by atoms with Gasteiger partial charge >= 0.3 is 6.03 Å². The van der Waals surface area contributed by atoms with Crippen molar-refractivity contribution in [2.24, 2.45) is 45.3 Å². The van der Waals surface area contributed by atoms with Crippen molar-refractivity contribution in [3.63, 3.8) is 0 Å². The molecule has 3 N–H and O–H groups in total. The van der Waals surface area contributed by atoms with E-state index in [9.17, 15) is 9.59 Å². The fraction of sp³-hybridized carbons (Fsp3) is 0.864. The SMILES string of the molecule is CC(=NNC(N)=O)O[C@@H]1CC[C@@]2(C)[C@@H](CC[C@@H]3[C@@H]2CC[C@]2(C)C(=O)CC[C@@H]32)C1. The highest BCUT2D eigenvalue weighted by atomic mass is 16.5. The molecule has 0 radical (unpaired) electrons. The predicted octanol–water partition coefficient (Wildman–Crippen LogP) is 3.99. The number of rotatable bonds is 2. The lowest BCUT2D eigenvalue weighted by molar-refractivity contribution is -0.141. The molecular formula is C22H35N3O3. The highest BCUT2D eigenvalue weighted by Gasteiger charge is 2.60. The van der Waals surface area contributed by atoms with Crippen LogP contribution in [0.15, 0.2) is 5.10 Å². The van der Waals surface area contributed by atoms with Gasteiger partial charge in [0.15, 0.2) is 0 Å². The van der Waals surface area contributed by atoms with Gasteiger partial charge in [-0.3, -0.25) is 4.79 Å².